The molecule has 1 aromatic rings. The largest absolute Gasteiger partial charge is 0.333 e. The summed E-state index contributed by atoms with van der Waals surface area (Å²) < 4.78 is 0. The van der Waals surface area contributed by atoms with Crippen molar-refractivity contribution in [1.29, 1.82) is 0 Å². The van der Waals surface area contributed by atoms with Gasteiger partial charge in [-0.1, -0.05) is 43.2 Å². The third kappa shape index (κ3) is 5.56. The number of nitrogens with one attached hydrogen (secondary N) is 3. The van der Waals surface area contributed by atoms with Crippen molar-refractivity contribution in [2.75, 3.05) is 6.54 Å². The summed E-state index contributed by atoms with van der Waals surface area (Å²) in [6.45, 7) is 8.17. The molecule has 0 aromatic heterocycles. The Labute approximate surface area is 151 Å². The molecule has 1 fully saturated rings. The Bertz CT molecular complexity index is 587. The lowest BCUT2D eigenvalue weighted by molar-refractivity contribution is -0.121. The van der Waals surface area contributed by atoms with Crippen LogP contribution in [-0.4, -0.2) is 30.1 Å². The molecule has 25 heavy (non-hydrogen) atoms. The average Bonchev–Trinajstić information content (AvgIpc) is 3.01. The van der Waals surface area contributed by atoms with Gasteiger partial charge in [0.05, 0.1) is 6.04 Å². The van der Waals surface area contributed by atoms with E-state index in [1.165, 1.54) is 18.4 Å². The minimum atomic E-state index is -0.454. The standard InChI is InChI=1S/C20H31N3O2/c1-15(17(24)22-18(25)23-19(2,3)4)21-14-20(12-8-9-13-20)16-10-6-5-7-11-16/h5-7,10-11,15,21H,8-9,12-14H2,1-4H3,(H2,22,23,24,25)/t15-/m0/s1. The Morgan fingerprint density at radius 2 is 1.72 bits per heavy atom. The molecule has 0 heterocycles. The fourth-order valence-corrected chi connectivity index (χ4v) is 3.44. The van der Waals surface area contributed by atoms with E-state index in [2.05, 4.69) is 40.2 Å². The van der Waals surface area contributed by atoms with Crippen molar-refractivity contribution in [3.63, 3.8) is 0 Å². The van der Waals surface area contributed by atoms with Gasteiger partial charge in [0, 0.05) is 17.5 Å². The number of carbonyl (C=O) groups is 2. The molecule has 1 aliphatic rings. The third-order valence-corrected chi connectivity index (χ3v) is 4.81. The number of carbonyl (C=O) groups excluding carboxylic acids is 2. The molecule has 1 aliphatic carbocycles. The number of imide groups is 1. The van der Waals surface area contributed by atoms with E-state index in [1.54, 1.807) is 6.92 Å². The molecule has 1 atom stereocenters. The average molecular weight is 345 g/mol. The van der Waals surface area contributed by atoms with E-state index in [0.29, 0.717) is 0 Å². The van der Waals surface area contributed by atoms with Crippen LogP contribution in [0, 0.1) is 0 Å². The van der Waals surface area contributed by atoms with Crippen LogP contribution in [0.5, 0.6) is 0 Å². The summed E-state index contributed by atoms with van der Waals surface area (Å²) in [6.07, 6.45) is 4.68. The summed E-state index contributed by atoms with van der Waals surface area (Å²) in [5.41, 5.74) is 1.05. The highest BCUT2D eigenvalue weighted by Crippen LogP contribution is 2.40. The van der Waals surface area contributed by atoms with Crippen LogP contribution in [0.4, 0.5) is 4.79 Å². The fourth-order valence-electron chi connectivity index (χ4n) is 3.44. The van der Waals surface area contributed by atoms with Gasteiger partial charge in [-0.15, -0.1) is 0 Å². The highest BCUT2D eigenvalue weighted by atomic mass is 16.2. The number of rotatable bonds is 5. The van der Waals surface area contributed by atoms with Gasteiger partial charge in [0.15, 0.2) is 0 Å². The second-order valence-electron chi connectivity index (χ2n) is 8.15. The molecule has 1 aromatic carbocycles. The first kappa shape index (κ1) is 19.4. The van der Waals surface area contributed by atoms with Crippen LogP contribution in [0.25, 0.3) is 0 Å². The number of urea groups is 1. The van der Waals surface area contributed by atoms with Gasteiger partial charge < -0.3 is 10.6 Å². The van der Waals surface area contributed by atoms with Crippen molar-refractivity contribution in [3.8, 4) is 0 Å². The summed E-state index contributed by atoms with van der Waals surface area (Å²) in [6, 6.07) is 9.65. The predicted octanol–water partition coefficient (Wildman–Crippen LogP) is 3.10. The topological polar surface area (TPSA) is 70.2 Å². The zero-order valence-electron chi connectivity index (χ0n) is 15.8. The number of hydrogen-bond donors (Lipinski definition) is 3. The SMILES string of the molecule is C[C@H](NCC1(c2ccccc2)CCCC1)C(=O)NC(=O)NC(C)(C)C. The molecule has 2 rings (SSSR count). The third-order valence-electron chi connectivity index (χ3n) is 4.81. The molecular weight excluding hydrogens is 314 g/mol. The van der Waals surface area contributed by atoms with Gasteiger partial charge >= 0.3 is 6.03 Å². The molecule has 1 saturated carbocycles. The van der Waals surface area contributed by atoms with E-state index in [0.717, 1.165) is 19.4 Å². The highest BCUT2D eigenvalue weighted by molar-refractivity contribution is 5.97. The van der Waals surface area contributed by atoms with Crippen LogP contribution in [0.15, 0.2) is 30.3 Å². The van der Waals surface area contributed by atoms with E-state index < -0.39 is 12.1 Å². The molecule has 0 unspecified atom stereocenters. The monoisotopic (exact) mass is 345 g/mol. The maximum atomic E-state index is 12.3. The Kier molecular flexibility index (Phi) is 6.22. The van der Waals surface area contributed by atoms with E-state index >= 15 is 0 Å². The van der Waals surface area contributed by atoms with Crippen molar-refractivity contribution in [1.82, 2.24) is 16.0 Å². The normalized spacial score (nSPS) is 17.8. The maximum Gasteiger partial charge on any atom is 0.321 e. The van der Waals surface area contributed by atoms with Crippen LogP contribution in [-0.2, 0) is 10.2 Å². The van der Waals surface area contributed by atoms with Gasteiger partial charge in [-0.3, -0.25) is 10.1 Å². The molecule has 0 aliphatic heterocycles. The van der Waals surface area contributed by atoms with Gasteiger partial charge in [0.2, 0.25) is 5.91 Å². The van der Waals surface area contributed by atoms with Gasteiger partial charge in [0.1, 0.15) is 0 Å². The molecule has 0 spiro atoms. The fraction of sp³-hybridized carbons (Fsp3) is 0.600. The minimum Gasteiger partial charge on any atom is -0.333 e. The lowest BCUT2D eigenvalue weighted by Gasteiger charge is -2.31. The lowest BCUT2D eigenvalue weighted by Crippen LogP contribution is -2.53. The van der Waals surface area contributed by atoms with E-state index in [4.69, 9.17) is 0 Å². The van der Waals surface area contributed by atoms with Crippen molar-refractivity contribution in [3.05, 3.63) is 35.9 Å². The van der Waals surface area contributed by atoms with Crippen LogP contribution >= 0.6 is 0 Å². The van der Waals surface area contributed by atoms with Crippen molar-refractivity contribution in [2.45, 2.75) is 70.4 Å². The molecule has 0 radical (unpaired) electrons. The number of benzene rings is 1. The number of amides is 3. The Hall–Kier alpha value is -1.88. The van der Waals surface area contributed by atoms with Crippen molar-refractivity contribution < 1.29 is 9.59 Å². The van der Waals surface area contributed by atoms with Gasteiger partial charge in [-0.05, 0) is 46.1 Å². The van der Waals surface area contributed by atoms with E-state index in [-0.39, 0.29) is 16.9 Å². The summed E-state index contributed by atoms with van der Waals surface area (Å²) in [5, 5.41) is 8.49. The Balaban J connectivity index is 1.92. The minimum absolute atomic E-state index is 0.0868. The van der Waals surface area contributed by atoms with E-state index in [1.807, 2.05) is 26.8 Å². The molecular formula is C20H31N3O2. The summed E-state index contributed by atoms with van der Waals surface area (Å²) >= 11 is 0. The molecule has 138 valence electrons. The molecule has 5 heteroatoms. The molecule has 5 nitrogen and oxygen atoms in total. The zero-order chi connectivity index (χ0) is 18.5. The zero-order valence-corrected chi connectivity index (χ0v) is 15.8. The van der Waals surface area contributed by atoms with Crippen LogP contribution in [0.1, 0.15) is 58.9 Å². The maximum absolute atomic E-state index is 12.3. The summed E-state index contributed by atoms with van der Waals surface area (Å²) in [5.74, 6) is -0.303. The quantitative estimate of drug-likeness (QED) is 0.768. The summed E-state index contributed by atoms with van der Waals surface area (Å²) in [7, 11) is 0. The van der Waals surface area contributed by atoms with Gasteiger partial charge in [-0.25, -0.2) is 4.79 Å². The van der Waals surface area contributed by atoms with Crippen LogP contribution in [0.2, 0.25) is 0 Å². The molecule has 0 saturated heterocycles. The molecule has 3 amide bonds. The van der Waals surface area contributed by atoms with Crippen molar-refractivity contribution >= 4 is 11.9 Å². The summed E-state index contributed by atoms with van der Waals surface area (Å²) in [4.78, 5) is 24.1. The predicted molar refractivity (Wildman–Crippen MR) is 100 cm³/mol. The van der Waals surface area contributed by atoms with Crippen LogP contribution in [0.3, 0.4) is 0 Å². The molecule has 3 N–H and O–H groups in total. The van der Waals surface area contributed by atoms with Crippen molar-refractivity contribution in [2.24, 2.45) is 0 Å². The van der Waals surface area contributed by atoms with Crippen LogP contribution < -0.4 is 16.0 Å². The molecule has 0 bridgehead atoms. The second-order valence-corrected chi connectivity index (χ2v) is 8.15. The van der Waals surface area contributed by atoms with Gasteiger partial charge in [-0.2, -0.15) is 0 Å². The lowest BCUT2D eigenvalue weighted by atomic mass is 9.78. The first-order chi connectivity index (χ1) is 11.7. The highest BCUT2D eigenvalue weighted by Gasteiger charge is 2.36. The Morgan fingerprint density at radius 1 is 1.12 bits per heavy atom. The smallest absolute Gasteiger partial charge is 0.321 e. The first-order valence-corrected chi connectivity index (χ1v) is 9.14. The van der Waals surface area contributed by atoms with E-state index in [9.17, 15) is 9.59 Å². The van der Waals surface area contributed by atoms with Gasteiger partial charge in [0.25, 0.3) is 0 Å². The second kappa shape index (κ2) is 8.00. The Morgan fingerprint density at radius 3 is 2.28 bits per heavy atom. The first-order valence-electron chi connectivity index (χ1n) is 9.14. The number of hydrogen-bond acceptors (Lipinski definition) is 3.